The maximum absolute atomic E-state index is 12.6. The Morgan fingerprint density at radius 3 is 2.49 bits per heavy atom. The molecule has 11 heteroatoms. The van der Waals surface area contributed by atoms with E-state index in [1.165, 1.54) is 24.0 Å². The Labute approximate surface area is 260 Å². The molecule has 6 rings (SSSR count). The Balaban J connectivity index is 1.23. The molecule has 3 heterocycles. The summed E-state index contributed by atoms with van der Waals surface area (Å²) in [6.45, 7) is 2.06. The van der Waals surface area contributed by atoms with Gasteiger partial charge in [-0.3, -0.25) is 14.3 Å². The molecule has 0 aliphatic carbocycles. The molecule has 0 radical (unpaired) electrons. The van der Waals surface area contributed by atoms with Crippen molar-refractivity contribution < 1.29 is 9.59 Å². The Morgan fingerprint density at radius 1 is 0.889 bits per heavy atom. The van der Waals surface area contributed by atoms with E-state index in [1.807, 2.05) is 60.2 Å². The summed E-state index contributed by atoms with van der Waals surface area (Å²) in [5.74, 6) is 0.0706. The highest BCUT2D eigenvalue weighted by molar-refractivity contribution is 6.12. The molecule has 0 aliphatic rings. The minimum atomic E-state index is -0.472. The van der Waals surface area contributed by atoms with Crippen molar-refractivity contribution in [3.63, 3.8) is 0 Å². The van der Waals surface area contributed by atoms with E-state index in [0.29, 0.717) is 35.6 Å². The first-order chi connectivity index (χ1) is 21.9. The average Bonchev–Trinajstić information content (AvgIpc) is 3.45. The van der Waals surface area contributed by atoms with Crippen molar-refractivity contribution in [2.75, 3.05) is 37.8 Å². The van der Waals surface area contributed by atoms with E-state index in [0.717, 1.165) is 40.3 Å². The van der Waals surface area contributed by atoms with Crippen molar-refractivity contribution in [2.24, 2.45) is 0 Å². The van der Waals surface area contributed by atoms with Gasteiger partial charge >= 0.3 is 0 Å². The molecule has 11 nitrogen and oxygen atoms in total. The normalized spacial score (nSPS) is 11.5. The summed E-state index contributed by atoms with van der Waals surface area (Å²) < 4.78 is 1.96. The van der Waals surface area contributed by atoms with Crippen LogP contribution in [0.4, 0.5) is 17.3 Å². The summed E-state index contributed by atoms with van der Waals surface area (Å²) >= 11 is 0. The lowest BCUT2D eigenvalue weighted by Gasteiger charge is -2.12. The Hall–Kier alpha value is -5.68. The second-order valence-corrected chi connectivity index (χ2v) is 10.9. The number of benzene rings is 3. The number of aromatic nitrogens is 5. The number of carbonyl (C=O) groups is 2. The molecule has 0 bridgehead atoms. The highest BCUT2D eigenvalue weighted by atomic mass is 16.2. The van der Waals surface area contributed by atoms with Crippen LogP contribution in [0.5, 0.6) is 0 Å². The number of hydrogen-bond donors (Lipinski definition) is 3. The monoisotopic (exact) mass is 599 g/mol. The Morgan fingerprint density at radius 2 is 1.67 bits per heavy atom. The zero-order chi connectivity index (χ0) is 31.2. The number of anilines is 3. The van der Waals surface area contributed by atoms with Gasteiger partial charge in [-0.25, -0.2) is 15.0 Å². The minimum Gasteiger partial charge on any atom is -0.353 e. The lowest BCUT2D eigenvalue weighted by molar-refractivity contribution is -0.117. The fraction of sp³-hybridized carbons (Fsp3) is 0.176. The molecule has 0 saturated carbocycles. The van der Waals surface area contributed by atoms with Crippen molar-refractivity contribution in [1.82, 2.24) is 34.9 Å². The average molecular weight is 600 g/mol. The highest BCUT2D eigenvalue weighted by Crippen LogP contribution is 2.34. The predicted octanol–water partition coefficient (Wildman–Crippen LogP) is 4.88. The summed E-state index contributed by atoms with van der Waals surface area (Å²) in [5, 5.41) is 17.6. The van der Waals surface area contributed by atoms with Crippen LogP contribution >= 0.6 is 0 Å². The fourth-order valence-electron chi connectivity index (χ4n) is 5.10. The van der Waals surface area contributed by atoms with Crippen LogP contribution in [-0.2, 0) is 16.1 Å². The van der Waals surface area contributed by atoms with Gasteiger partial charge in [0.2, 0.25) is 11.8 Å². The maximum Gasteiger partial charge on any atom is 0.249 e. The summed E-state index contributed by atoms with van der Waals surface area (Å²) in [6.07, 6.45) is 8.32. The highest BCUT2D eigenvalue weighted by Gasteiger charge is 2.14. The van der Waals surface area contributed by atoms with E-state index in [9.17, 15) is 9.59 Å². The van der Waals surface area contributed by atoms with Crippen LogP contribution in [0.15, 0.2) is 97.6 Å². The van der Waals surface area contributed by atoms with Gasteiger partial charge in [-0.2, -0.15) is 5.10 Å². The smallest absolute Gasteiger partial charge is 0.249 e. The first-order valence-electron chi connectivity index (χ1n) is 14.7. The van der Waals surface area contributed by atoms with E-state index in [1.54, 1.807) is 12.3 Å². The predicted molar refractivity (Wildman–Crippen MR) is 177 cm³/mol. The van der Waals surface area contributed by atoms with Gasteiger partial charge in [-0.05, 0) is 44.8 Å². The number of carbonyl (C=O) groups excluding carboxylic acids is 2. The van der Waals surface area contributed by atoms with Crippen LogP contribution in [-0.4, -0.2) is 68.6 Å². The number of amides is 2. The first kappa shape index (κ1) is 29.4. The molecule has 2 amide bonds. The van der Waals surface area contributed by atoms with Crippen LogP contribution in [0.1, 0.15) is 12.0 Å². The van der Waals surface area contributed by atoms with Crippen LogP contribution < -0.4 is 16.0 Å². The Kier molecular flexibility index (Phi) is 8.70. The van der Waals surface area contributed by atoms with E-state index < -0.39 is 5.91 Å². The molecule has 3 N–H and O–H groups in total. The second kappa shape index (κ2) is 13.3. The number of rotatable bonds is 11. The molecule has 0 atom stereocenters. The number of nitrogens with one attached hydrogen (secondary N) is 3. The zero-order valence-corrected chi connectivity index (χ0v) is 25.1. The molecular formula is C34H33N9O2. The van der Waals surface area contributed by atoms with Gasteiger partial charge in [0.05, 0.1) is 18.3 Å². The maximum atomic E-state index is 12.6. The molecule has 0 spiro atoms. The lowest BCUT2D eigenvalue weighted by Crippen LogP contribution is -2.25. The van der Waals surface area contributed by atoms with Crippen LogP contribution in [0.25, 0.3) is 32.6 Å². The van der Waals surface area contributed by atoms with Crippen LogP contribution in [0.3, 0.4) is 0 Å². The van der Waals surface area contributed by atoms with Crippen molar-refractivity contribution in [2.45, 2.75) is 13.0 Å². The summed E-state index contributed by atoms with van der Waals surface area (Å²) in [4.78, 5) is 39.9. The van der Waals surface area contributed by atoms with Gasteiger partial charge in [0.15, 0.2) is 0 Å². The Bertz CT molecular complexity index is 2020. The summed E-state index contributed by atoms with van der Waals surface area (Å²) in [5.41, 5.74) is 3.56. The minimum absolute atomic E-state index is 0.309. The largest absolute Gasteiger partial charge is 0.353 e. The van der Waals surface area contributed by atoms with Crippen molar-refractivity contribution >= 4 is 61.7 Å². The van der Waals surface area contributed by atoms with Gasteiger partial charge in [0, 0.05) is 52.1 Å². The quantitative estimate of drug-likeness (QED) is 0.142. The second-order valence-electron chi connectivity index (χ2n) is 10.9. The summed E-state index contributed by atoms with van der Waals surface area (Å²) in [6, 6.07) is 22.1. The van der Waals surface area contributed by atoms with E-state index in [2.05, 4.69) is 61.2 Å². The van der Waals surface area contributed by atoms with Gasteiger partial charge in [-0.15, -0.1) is 0 Å². The lowest BCUT2D eigenvalue weighted by atomic mass is 10.1. The van der Waals surface area contributed by atoms with Gasteiger partial charge < -0.3 is 20.9 Å². The van der Waals surface area contributed by atoms with Crippen LogP contribution in [0, 0.1) is 0 Å². The van der Waals surface area contributed by atoms with Crippen molar-refractivity contribution in [1.29, 1.82) is 0 Å². The molecule has 3 aromatic heterocycles. The third kappa shape index (κ3) is 7.11. The van der Waals surface area contributed by atoms with Crippen molar-refractivity contribution in [3.05, 3.63) is 103 Å². The van der Waals surface area contributed by atoms with Crippen LogP contribution in [0.2, 0.25) is 0 Å². The first-order valence-corrected chi connectivity index (χ1v) is 14.7. The van der Waals surface area contributed by atoms with Gasteiger partial charge in [0.1, 0.15) is 23.5 Å². The summed E-state index contributed by atoms with van der Waals surface area (Å²) in [7, 11) is 3.95. The molecule has 6 aromatic rings. The van der Waals surface area contributed by atoms with E-state index in [4.69, 9.17) is 5.10 Å². The molecule has 226 valence electrons. The van der Waals surface area contributed by atoms with Gasteiger partial charge in [-0.1, -0.05) is 54.6 Å². The number of nitrogens with zero attached hydrogens (tertiary/aromatic N) is 6. The third-order valence-electron chi connectivity index (χ3n) is 7.24. The molecule has 0 unspecified atom stereocenters. The fourth-order valence-corrected chi connectivity index (χ4v) is 5.10. The SMILES string of the molecule is CN(C)CCCNC(=O)C=CC(=O)Nc1cc2c(Nc3cc4cn(Cc5ccccc5)nc4c4ccccc34)ncnc2cn1. The number of hydrogen-bond acceptors (Lipinski definition) is 8. The molecule has 0 fully saturated rings. The molecule has 3 aromatic carbocycles. The van der Waals surface area contributed by atoms with Crippen molar-refractivity contribution in [3.8, 4) is 0 Å². The van der Waals surface area contributed by atoms with Gasteiger partial charge in [0.25, 0.3) is 0 Å². The number of pyridine rings is 1. The molecule has 0 aliphatic heterocycles. The molecular weight excluding hydrogens is 566 g/mol. The zero-order valence-electron chi connectivity index (χ0n) is 25.1. The standard InChI is InChI=1S/C34H33N9O2/c1-42(2)16-8-15-35-31(44)13-14-32(45)40-30-18-27-29(19-36-30)37-22-38-34(27)39-28-17-24-21-43(20-23-9-4-3-5-10-23)41-33(24)26-12-7-6-11-25(26)28/h3-7,9-14,17-19,21-22H,8,15-16,20H2,1-2H3,(H,35,44)(H,36,40,45)(H,37,38,39). The van der Waals surface area contributed by atoms with E-state index in [-0.39, 0.29) is 5.91 Å². The molecule has 0 saturated heterocycles. The topological polar surface area (TPSA) is 130 Å². The number of fused-ring (bicyclic) bond motifs is 4. The third-order valence-corrected chi connectivity index (χ3v) is 7.24. The van der Waals surface area contributed by atoms with E-state index >= 15 is 0 Å². The molecule has 45 heavy (non-hydrogen) atoms.